The fourth-order valence-electron chi connectivity index (χ4n) is 1.92. The summed E-state index contributed by atoms with van der Waals surface area (Å²) < 4.78 is 28.0. The molecule has 0 bridgehead atoms. The van der Waals surface area contributed by atoms with E-state index < -0.39 is 23.2 Å². The molecule has 2 aromatic carbocycles. The molecule has 110 valence electrons. The Balaban J connectivity index is 2.31. The number of halogens is 3. The van der Waals surface area contributed by atoms with Gasteiger partial charge in [0.2, 0.25) is 0 Å². The van der Waals surface area contributed by atoms with E-state index >= 15 is 0 Å². The number of benzene rings is 2. The number of hydrogen-bond acceptors (Lipinski definition) is 2. The van der Waals surface area contributed by atoms with Crippen LogP contribution in [-0.4, -0.2) is 11.1 Å². The molecule has 0 aliphatic carbocycles. The lowest BCUT2D eigenvalue weighted by Crippen LogP contribution is -2.10. The molecule has 2 N–H and O–H groups in total. The monoisotopic (exact) mass is 355 g/mol. The topological polar surface area (TPSA) is 49.3 Å². The lowest BCUT2D eigenvalue weighted by molar-refractivity contribution is 0.0692. The molecule has 0 amide bonds. The molecule has 1 atom stereocenters. The number of rotatable bonds is 4. The molecule has 0 fully saturated rings. The predicted molar refractivity (Wildman–Crippen MR) is 79.5 cm³/mol. The van der Waals surface area contributed by atoms with Crippen LogP contribution in [0.4, 0.5) is 14.5 Å². The van der Waals surface area contributed by atoms with E-state index in [2.05, 4.69) is 21.2 Å². The summed E-state index contributed by atoms with van der Waals surface area (Å²) in [5, 5.41) is 11.7. The first-order chi connectivity index (χ1) is 9.88. The molecule has 0 radical (unpaired) electrons. The third kappa shape index (κ3) is 3.58. The maximum absolute atomic E-state index is 13.7. The van der Waals surface area contributed by atoms with Gasteiger partial charge >= 0.3 is 5.97 Å². The minimum atomic E-state index is -1.44. The highest BCUT2D eigenvalue weighted by molar-refractivity contribution is 9.10. The van der Waals surface area contributed by atoms with Crippen LogP contribution in [0.5, 0.6) is 0 Å². The Labute approximate surface area is 128 Å². The molecule has 0 aliphatic rings. The van der Waals surface area contributed by atoms with Crippen LogP contribution in [0.15, 0.2) is 40.9 Å². The van der Waals surface area contributed by atoms with E-state index in [1.54, 1.807) is 6.92 Å². The van der Waals surface area contributed by atoms with Crippen molar-refractivity contribution in [1.29, 1.82) is 0 Å². The van der Waals surface area contributed by atoms with Gasteiger partial charge in [-0.05, 0) is 30.7 Å². The molecule has 0 aromatic heterocycles. The third-order valence-corrected chi connectivity index (χ3v) is 3.50. The Bertz CT molecular complexity index is 691. The van der Waals surface area contributed by atoms with Crippen molar-refractivity contribution in [3.05, 3.63) is 63.6 Å². The quantitative estimate of drug-likeness (QED) is 0.842. The van der Waals surface area contributed by atoms with Crippen molar-refractivity contribution >= 4 is 27.6 Å². The number of carbonyl (C=O) groups is 1. The molecule has 0 saturated heterocycles. The average molecular weight is 356 g/mol. The second-order valence-electron chi connectivity index (χ2n) is 4.54. The van der Waals surface area contributed by atoms with E-state index in [0.29, 0.717) is 6.07 Å². The summed E-state index contributed by atoms with van der Waals surface area (Å²) in [6, 6.07) is 8.66. The van der Waals surface area contributed by atoms with Gasteiger partial charge in [0.15, 0.2) is 0 Å². The Kier molecular flexibility index (Phi) is 4.57. The number of carboxylic acids is 1. The fraction of sp³-hybridized carbons (Fsp3) is 0.133. The lowest BCUT2D eigenvalue weighted by atomic mass is 10.1. The summed E-state index contributed by atoms with van der Waals surface area (Å²) in [5.74, 6) is -3.37. The highest BCUT2D eigenvalue weighted by Gasteiger charge is 2.16. The fourth-order valence-corrected chi connectivity index (χ4v) is 2.33. The first-order valence-electron chi connectivity index (χ1n) is 6.13. The molecule has 0 saturated carbocycles. The number of hydrogen-bond donors (Lipinski definition) is 2. The minimum Gasteiger partial charge on any atom is -0.478 e. The average Bonchev–Trinajstić information content (AvgIpc) is 2.41. The molecule has 0 heterocycles. The zero-order valence-electron chi connectivity index (χ0n) is 11.0. The van der Waals surface area contributed by atoms with Gasteiger partial charge in [-0.25, -0.2) is 13.6 Å². The van der Waals surface area contributed by atoms with Gasteiger partial charge < -0.3 is 10.4 Å². The van der Waals surface area contributed by atoms with Gasteiger partial charge in [0.05, 0.1) is 11.3 Å². The van der Waals surface area contributed by atoms with Gasteiger partial charge in [-0.1, -0.05) is 28.1 Å². The molecular formula is C15H12BrF2NO2. The van der Waals surface area contributed by atoms with Crippen molar-refractivity contribution < 1.29 is 18.7 Å². The van der Waals surface area contributed by atoms with Crippen molar-refractivity contribution in [1.82, 2.24) is 0 Å². The lowest BCUT2D eigenvalue weighted by Gasteiger charge is -2.17. The first-order valence-corrected chi connectivity index (χ1v) is 6.92. The summed E-state index contributed by atoms with van der Waals surface area (Å²) in [7, 11) is 0. The molecule has 2 rings (SSSR count). The molecule has 2 aromatic rings. The zero-order valence-corrected chi connectivity index (χ0v) is 12.6. The number of aromatic carboxylic acids is 1. The second-order valence-corrected chi connectivity index (χ2v) is 5.45. The van der Waals surface area contributed by atoms with Crippen molar-refractivity contribution in [3.63, 3.8) is 0 Å². The molecule has 0 spiro atoms. The summed E-state index contributed by atoms with van der Waals surface area (Å²) in [6.45, 7) is 1.80. The van der Waals surface area contributed by atoms with Crippen LogP contribution in [0, 0.1) is 11.6 Å². The Morgan fingerprint density at radius 3 is 2.57 bits per heavy atom. The molecular weight excluding hydrogens is 344 g/mol. The van der Waals surface area contributed by atoms with Crippen LogP contribution in [0.2, 0.25) is 0 Å². The van der Waals surface area contributed by atoms with Crippen LogP contribution in [0.3, 0.4) is 0 Å². The van der Waals surface area contributed by atoms with Gasteiger partial charge in [0.1, 0.15) is 11.6 Å². The van der Waals surface area contributed by atoms with E-state index in [4.69, 9.17) is 5.11 Å². The van der Waals surface area contributed by atoms with Crippen LogP contribution < -0.4 is 5.32 Å². The van der Waals surface area contributed by atoms with E-state index in [1.165, 1.54) is 0 Å². The Morgan fingerprint density at radius 1 is 1.24 bits per heavy atom. The van der Waals surface area contributed by atoms with Crippen LogP contribution in [0.25, 0.3) is 0 Å². The second kappa shape index (κ2) is 6.22. The molecule has 0 aliphatic heterocycles. The van der Waals surface area contributed by atoms with E-state index in [-0.39, 0.29) is 11.7 Å². The van der Waals surface area contributed by atoms with Crippen molar-refractivity contribution in [2.45, 2.75) is 13.0 Å². The van der Waals surface area contributed by atoms with Crippen LogP contribution >= 0.6 is 15.9 Å². The Morgan fingerprint density at radius 2 is 1.95 bits per heavy atom. The standard InChI is InChI=1S/C15H12BrF2NO2/c1-8(9-3-2-4-10(16)5-9)19-14-6-11(15(20)21)12(17)7-13(14)18/h2-8,19H,1H3,(H,20,21). The summed E-state index contributed by atoms with van der Waals surface area (Å²) in [4.78, 5) is 10.9. The van der Waals surface area contributed by atoms with Crippen molar-refractivity contribution in [2.75, 3.05) is 5.32 Å². The predicted octanol–water partition coefficient (Wildman–Crippen LogP) is 4.60. The van der Waals surface area contributed by atoms with Gasteiger partial charge in [-0.3, -0.25) is 0 Å². The Hall–Kier alpha value is -1.95. The largest absolute Gasteiger partial charge is 0.478 e. The van der Waals surface area contributed by atoms with Gasteiger partial charge in [0.25, 0.3) is 0 Å². The smallest absolute Gasteiger partial charge is 0.338 e. The van der Waals surface area contributed by atoms with E-state index in [1.807, 2.05) is 24.3 Å². The number of carboxylic acid groups (broad SMARTS) is 1. The highest BCUT2D eigenvalue weighted by Crippen LogP contribution is 2.25. The van der Waals surface area contributed by atoms with E-state index in [9.17, 15) is 13.6 Å². The third-order valence-electron chi connectivity index (χ3n) is 3.01. The van der Waals surface area contributed by atoms with Crippen LogP contribution in [0.1, 0.15) is 28.9 Å². The van der Waals surface area contributed by atoms with Crippen LogP contribution in [-0.2, 0) is 0 Å². The molecule has 3 nitrogen and oxygen atoms in total. The maximum atomic E-state index is 13.7. The van der Waals surface area contributed by atoms with E-state index in [0.717, 1.165) is 16.1 Å². The minimum absolute atomic E-state index is 0.0544. The van der Waals surface area contributed by atoms with Crippen molar-refractivity contribution in [3.8, 4) is 0 Å². The molecule has 1 unspecified atom stereocenters. The first kappa shape index (κ1) is 15.4. The number of nitrogens with one attached hydrogen (secondary N) is 1. The van der Waals surface area contributed by atoms with Crippen molar-refractivity contribution in [2.24, 2.45) is 0 Å². The van der Waals surface area contributed by atoms with Gasteiger partial charge in [-0.2, -0.15) is 0 Å². The summed E-state index contributed by atoms with van der Waals surface area (Å²) >= 11 is 3.34. The van der Waals surface area contributed by atoms with Gasteiger partial charge in [-0.15, -0.1) is 0 Å². The summed E-state index contributed by atoms with van der Waals surface area (Å²) in [5.41, 5.74) is 0.256. The normalized spacial score (nSPS) is 12.0. The SMILES string of the molecule is CC(Nc1cc(C(=O)O)c(F)cc1F)c1cccc(Br)c1. The zero-order chi connectivity index (χ0) is 15.6. The number of anilines is 1. The molecule has 6 heteroatoms. The summed E-state index contributed by atoms with van der Waals surface area (Å²) in [6.07, 6.45) is 0. The maximum Gasteiger partial charge on any atom is 0.338 e. The highest BCUT2D eigenvalue weighted by atomic mass is 79.9. The van der Waals surface area contributed by atoms with Gasteiger partial charge in [0, 0.05) is 16.6 Å². The molecule has 21 heavy (non-hydrogen) atoms.